The smallest absolute Gasteiger partial charge is 0.348 e. The molecule has 3 heterocycles. The Morgan fingerprint density at radius 3 is 2.32 bits per heavy atom. The van der Waals surface area contributed by atoms with Gasteiger partial charge in [-0.15, -0.1) is 0 Å². The molecule has 0 N–H and O–H groups in total. The third kappa shape index (κ3) is 3.00. The maximum absolute atomic E-state index is 11.9. The summed E-state index contributed by atoms with van der Waals surface area (Å²) in [7, 11) is 0. The molecular weight excluding hydrogens is 286 g/mol. The standard InChI is InChI=1S/C16H19NO5/c1-16(2)21-14(18)12(15(19)22-16)10-11-6-7-13(20-11)17-8-4-3-5-9-17/h6-7,10H,3-5,8-9H2,1-2H3. The van der Waals surface area contributed by atoms with Crippen LogP contribution in [0.1, 0.15) is 38.9 Å². The Labute approximate surface area is 128 Å². The fourth-order valence-corrected chi connectivity index (χ4v) is 2.62. The van der Waals surface area contributed by atoms with Crippen molar-refractivity contribution in [2.75, 3.05) is 18.0 Å². The maximum Gasteiger partial charge on any atom is 0.348 e. The van der Waals surface area contributed by atoms with Gasteiger partial charge in [0.2, 0.25) is 0 Å². The summed E-state index contributed by atoms with van der Waals surface area (Å²) < 4.78 is 15.8. The second-order valence-corrected chi connectivity index (χ2v) is 5.96. The number of hydrogen-bond acceptors (Lipinski definition) is 6. The van der Waals surface area contributed by atoms with Crippen LogP contribution in [0.3, 0.4) is 0 Å². The normalized spacial score (nSPS) is 21.4. The molecule has 0 saturated carbocycles. The molecule has 6 heteroatoms. The second kappa shape index (κ2) is 5.51. The molecule has 2 aliphatic heterocycles. The van der Waals surface area contributed by atoms with Crippen LogP contribution < -0.4 is 4.90 Å². The number of ether oxygens (including phenoxy) is 2. The molecule has 6 nitrogen and oxygen atoms in total. The van der Waals surface area contributed by atoms with E-state index in [2.05, 4.69) is 4.90 Å². The van der Waals surface area contributed by atoms with E-state index in [9.17, 15) is 9.59 Å². The van der Waals surface area contributed by atoms with E-state index in [0.29, 0.717) is 5.76 Å². The van der Waals surface area contributed by atoms with Crippen LogP contribution in [0.25, 0.3) is 6.08 Å². The van der Waals surface area contributed by atoms with Gasteiger partial charge in [-0.1, -0.05) is 0 Å². The molecule has 1 aromatic rings. The van der Waals surface area contributed by atoms with E-state index < -0.39 is 17.7 Å². The number of nitrogens with zero attached hydrogens (tertiary/aromatic N) is 1. The van der Waals surface area contributed by atoms with Gasteiger partial charge in [0.15, 0.2) is 5.88 Å². The average Bonchev–Trinajstić information content (AvgIpc) is 2.91. The number of esters is 2. The lowest BCUT2D eigenvalue weighted by molar-refractivity contribution is -0.222. The van der Waals surface area contributed by atoms with Crippen LogP contribution in [-0.4, -0.2) is 30.8 Å². The van der Waals surface area contributed by atoms with Crippen LogP contribution in [0, 0.1) is 0 Å². The Morgan fingerprint density at radius 2 is 1.68 bits per heavy atom. The van der Waals surface area contributed by atoms with Crippen LogP contribution in [0.5, 0.6) is 0 Å². The van der Waals surface area contributed by atoms with Gasteiger partial charge in [-0.25, -0.2) is 9.59 Å². The van der Waals surface area contributed by atoms with E-state index in [1.165, 1.54) is 26.3 Å². The summed E-state index contributed by atoms with van der Waals surface area (Å²) in [5, 5.41) is 0. The molecule has 2 saturated heterocycles. The molecular formula is C16H19NO5. The van der Waals surface area contributed by atoms with Crippen molar-refractivity contribution in [3.05, 3.63) is 23.5 Å². The van der Waals surface area contributed by atoms with Gasteiger partial charge in [0.25, 0.3) is 5.79 Å². The number of furan rings is 1. The first-order valence-electron chi connectivity index (χ1n) is 7.48. The summed E-state index contributed by atoms with van der Waals surface area (Å²) in [6, 6.07) is 3.58. The molecule has 2 fully saturated rings. The Bertz CT molecular complexity index is 600. The maximum atomic E-state index is 11.9. The van der Waals surface area contributed by atoms with Crippen molar-refractivity contribution < 1.29 is 23.5 Å². The summed E-state index contributed by atoms with van der Waals surface area (Å²) in [6.45, 7) is 4.95. The first-order valence-corrected chi connectivity index (χ1v) is 7.48. The molecule has 0 atom stereocenters. The molecule has 0 aliphatic carbocycles. The van der Waals surface area contributed by atoms with Crippen molar-refractivity contribution in [1.29, 1.82) is 0 Å². The van der Waals surface area contributed by atoms with E-state index in [1.54, 1.807) is 6.07 Å². The minimum atomic E-state index is -1.23. The number of piperidine rings is 1. The monoisotopic (exact) mass is 305 g/mol. The fourth-order valence-electron chi connectivity index (χ4n) is 2.62. The first kappa shape index (κ1) is 14.7. The lowest BCUT2D eigenvalue weighted by Gasteiger charge is -2.29. The quantitative estimate of drug-likeness (QED) is 0.475. The van der Waals surface area contributed by atoms with Crippen molar-refractivity contribution in [3.8, 4) is 0 Å². The number of rotatable bonds is 2. The molecule has 0 spiro atoms. The van der Waals surface area contributed by atoms with Crippen LogP contribution in [0.2, 0.25) is 0 Å². The molecule has 22 heavy (non-hydrogen) atoms. The fraction of sp³-hybridized carbons (Fsp3) is 0.500. The SMILES string of the molecule is CC1(C)OC(=O)C(=Cc2ccc(N3CCCCC3)o2)C(=O)O1. The molecule has 2 aliphatic rings. The summed E-state index contributed by atoms with van der Waals surface area (Å²) in [5.74, 6) is -1.43. The van der Waals surface area contributed by atoms with Gasteiger partial charge >= 0.3 is 11.9 Å². The highest BCUT2D eigenvalue weighted by Gasteiger charge is 2.39. The number of carbonyl (C=O) groups excluding carboxylic acids is 2. The lowest BCUT2D eigenvalue weighted by Crippen LogP contribution is -2.41. The van der Waals surface area contributed by atoms with E-state index in [1.807, 2.05) is 6.07 Å². The predicted molar refractivity (Wildman–Crippen MR) is 79.0 cm³/mol. The van der Waals surface area contributed by atoms with E-state index in [-0.39, 0.29) is 5.57 Å². The highest BCUT2D eigenvalue weighted by Crippen LogP contribution is 2.27. The molecule has 0 radical (unpaired) electrons. The average molecular weight is 305 g/mol. The highest BCUT2D eigenvalue weighted by molar-refractivity contribution is 6.18. The van der Waals surface area contributed by atoms with Gasteiger partial charge in [-0.3, -0.25) is 0 Å². The second-order valence-electron chi connectivity index (χ2n) is 5.96. The van der Waals surface area contributed by atoms with Crippen molar-refractivity contribution in [1.82, 2.24) is 0 Å². The van der Waals surface area contributed by atoms with Crippen LogP contribution in [0.15, 0.2) is 22.1 Å². The topological polar surface area (TPSA) is 69.0 Å². The van der Waals surface area contributed by atoms with Gasteiger partial charge < -0.3 is 18.8 Å². The number of carbonyl (C=O) groups is 2. The Morgan fingerprint density at radius 1 is 1.05 bits per heavy atom. The van der Waals surface area contributed by atoms with Gasteiger partial charge in [0.05, 0.1) is 0 Å². The van der Waals surface area contributed by atoms with Crippen molar-refractivity contribution in [3.63, 3.8) is 0 Å². The van der Waals surface area contributed by atoms with Gasteiger partial charge in [0, 0.05) is 39.1 Å². The Kier molecular flexibility index (Phi) is 3.68. The molecule has 0 unspecified atom stereocenters. The highest BCUT2D eigenvalue weighted by atomic mass is 16.7. The van der Waals surface area contributed by atoms with E-state index >= 15 is 0 Å². The van der Waals surface area contributed by atoms with Crippen LogP contribution in [0.4, 0.5) is 5.88 Å². The van der Waals surface area contributed by atoms with Crippen molar-refractivity contribution >= 4 is 23.9 Å². The predicted octanol–water partition coefficient (Wildman–Crippen LogP) is 2.49. The molecule has 0 amide bonds. The molecule has 1 aromatic heterocycles. The minimum absolute atomic E-state index is 0.154. The van der Waals surface area contributed by atoms with Gasteiger partial charge in [-0.2, -0.15) is 0 Å². The molecule has 3 rings (SSSR count). The number of cyclic esters (lactones) is 2. The Hall–Kier alpha value is -2.24. The molecule has 118 valence electrons. The zero-order valence-corrected chi connectivity index (χ0v) is 12.8. The largest absolute Gasteiger partial charge is 0.441 e. The summed E-state index contributed by atoms with van der Waals surface area (Å²) in [6.07, 6.45) is 4.89. The third-order valence-corrected chi connectivity index (χ3v) is 3.68. The van der Waals surface area contributed by atoms with Gasteiger partial charge in [-0.05, 0) is 25.3 Å². The van der Waals surface area contributed by atoms with E-state index in [4.69, 9.17) is 13.9 Å². The van der Waals surface area contributed by atoms with Crippen molar-refractivity contribution in [2.24, 2.45) is 0 Å². The molecule has 0 aromatic carbocycles. The van der Waals surface area contributed by atoms with Gasteiger partial charge in [0.1, 0.15) is 11.3 Å². The zero-order chi connectivity index (χ0) is 15.7. The summed E-state index contributed by atoms with van der Waals surface area (Å²) >= 11 is 0. The molecule has 0 bridgehead atoms. The number of anilines is 1. The first-order chi connectivity index (χ1) is 10.4. The van der Waals surface area contributed by atoms with Crippen LogP contribution in [-0.2, 0) is 19.1 Å². The summed E-state index contributed by atoms with van der Waals surface area (Å²) in [5.41, 5.74) is -0.154. The van der Waals surface area contributed by atoms with E-state index in [0.717, 1.165) is 31.8 Å². The summed E-state index contributed by atoms with van der Waals surface area (Å²) in [4.78, 5) is 25.9. The number of hydrogen-bond donors (Lipinski definition) is 0. The zero-order valence-electron chi connectivity index (χ0n) is 12.8. The lowest BCUT2D eigenvalue weighted by atomic mass is 10.1. The van der Waals surface area contributed by atoms with Crippen LogP contribution >= 0.6 is 0 Å². The third-order valence-electron chi connectivity index (χ3n) is 3.68. The minimum Gasteiger partial charge on any atom is -0.441 e. The van der Waals surface area contributed by atoms with Crippen molar-refractivity contribution in [2.45, 2.75) is 38.9 Å². The Balaban J connectivity index is 1.79.